The van der Waals surface area contributed by atoms with Crippen molar-refractivity contribution in [2.24, 2.45) is 5.73 Å². The van der Waals surface area contributed by atoms with Gasteiger partial charge in [-0.1, -0.05) is 0 Å². The molecule has 1 unspecified atom stereocenters. The number of rotatable bonds is 2. The van der Waals surface area contributed by atoms with Crippen LogP contribution in [0.3, 0.4) is 0 Å². The van der Waals surface area contributed by atoms with Gasteiger partial charge in [-0.3, -0.25) is 0 Å². The highest BCUT2D eigenvalue weighted by Gasteiger charge is 2.26. The Kier molecular flexibility index (Phi) is 2.52. The van der Waals surface area contributed by atoms with Crippen LogP contribution in [0.4, 0.5) is 0 Å². The average molecular weight is 157 g/mol. The number of allylic oxidation sites excluding steroid dienone is 1. The van der Waals surface area contributed by atoms with Gasteiger partial charge in [0.2, 0.25) is 0 Å². The predicted molar refractivity (Wildman–Crippen MR) is 42.9 cm³/mol. The standard InChI is InChI=1S/C8H15NO2/c1-8(10,6-9)7-4-2-3-5-11-7/h4,10H,2-3,5-6,9H2,1H3. The second-order valence-electron chi connectivity index (χ2n) is 3.04. The van der Waals surface area contributed by atoms with Crippen LogP contribution in [0, 0.1) is 0 Å². The van der Waals surface area contributed by atoms with Crippen molar-refractivity contribution < 1.29 is 9.84 Å². The molecule has 1 atom stereocenters. The molecule has 3 heteroatoms. The minimum Gasteiger partial charge on any atom is -0.495 e. The first kappa shape index (κ1) is 8.56. The summed E-state index contributed by atoms with van der Waals surface area (Å²) in [5, 5.41) is 9.63. The molecule has 0 aromatic heterocycles. The van der Waals surface area contributed by atoms with Crippen molar-refractivity contribution in [1.29, 1.82) is 0 Å². The van der Waals surface area contributed by atoms with Crippen LogP contribution in [0.1, 0.15) is 19.8 Å². The molecule has 0 radical (unpaired) electrons. The van der Waals surface area contributed by atoms with Crippen molar-refractivity contribution in [2.75, 3.05) is 13.2 Å². The van der Waals surface area contributed by atoms with E-state index in [4.69, 9.17) is 10.5 Å². The molecule has 0 bridgehead atoms. The zero-order valence-electron chi connectivity index (χ0n) is 6.84. The number of ether oxygens (including phenoxy) is 1. The maximum Gasteiger partial charge on any atom is 0.130 e. The molecular formula is C8H15NO2. The molecule has 0 amide bonds. The van der Waals surface area contributed by atoms with E-state index in [-0.39, 0.29) is 6.54 Å². The van der Waals surface area contributed by atoms with Gasteiger partial charge >= 0.3 is 0 Å². The molecule has 1 heterocycles. The Morgan fingerprint density at radius 3 is 3.00 bits per heavy atom. The summed E-state index contributed by atoms with van der Waals surface area (Å²) in [6.45, 7) is 2.57. The predicted octanol–water partition coefficient (Wildman–Crippen LogP) is 0.390. The first-order valence-electron chi connectivity index (χ1n) is 3.93. The van der Waals surface area contributed by atoms with Crippen LogP contribution >= 0.6 is 0 Å². The lowest BCUT2D eigenvalue weighted by molar-refractivity contribution is 0.0248. The molecule has 0 aromatic carbocycles. The van der Waals surface area contributed by atoms with Gasteiger partial charge in [0.05, 0.1) is 6.61 Å². The van der Waals surface area contributed by atoms with Gasteiger partial charge in [0.25, 0.3) is 0 Å². The maximum atomic E-state index is 9.63. The van der Waals surface area contributed by atoms with E-state index >= 15 is 0 Å². The van der Waals surface area contributed by atoms with Gasteiger partial charge in [-0.15, -0.1) is 0 Å². The molecule has 0 spiro atoms. The summed E-state index contributed by atoms with van der Waals surface area (Å²) >= 11 is 0. The first-order valence-corrected chi connectivity index (χ1v) is 3.93. The van der Waals surface area contributed by atoms with Crippen molar-refractivity contribution in [3.8, 4) is 0 Å². The molecular weight excluding hydrogens is 142 g/mol. The zero-order chi connectivity index (χ0) is 8.32. The highest BCUT2D eigenvalue weighted by Crippen LogP contribution is 2.21. The fraction of sp³-hybridized carbons (Fsp3) is 0.750. The summed E-state index contributed by atoms with van der Waals surface area (Å²) in [6, 6.07) is 0. The Bertz CT molecular complexity index is 163. The largest absolute Gasteiger partial charge is 0.495 e. The molecule has 1 aliphatic rings. The summed E-state index contributed by atoms with van der Waals surface area (Å²) in [4.78, 5) is 0. The Labute approximate surface area is 66.8 Å². The lowest BCUT2D eigenvalue weighted by atomic mass is 10.0. The molecule has 1 rings (SSSR count). The quantitative estimate of drug-likeness (QED) is 0.609. The Morgan fingerprint density at radius 2 is 2.55 bits per heavy atom. The number of hydrogen-bond donors (Lipinski definition) is 2. The van der Waals surface area contributed by atoms with Gasteiger partial charge in [-0.2, -0.15) is 0 Å². The lowest BCUT2D eigenvalue weighted by Gasteiger charge is -2.27. The van der Waals surface area contributed by atoms with Crippen molar-refractivity contribution in [1.82, 2.24) is 0 Å². The van der Waals surface area contributed by atoms with E-state index in [1.54, 1.807) is 6.92 Å². The van der Waals surface area contributed by atoms with E-state index in [1.807, 2.05) is 6.08 Å². The third kappa shape index (κ3) is 1.94. The van der Waals surface area contributed by atoms with Crippen molar-refractivity contribution in [3.63, 3.8) is 0 Å². The van der Waals surface area contributed by atoms with Gasteiger partial charge in [-0.05, 0) is 25.8 Å². The van der Waals surface area contributed by atoms with Crippen LogP contribution in [0.2, 0.25) is 0 Å². The van der Waals surface area contributed by atoms with Gasteiger partial charge in [0.1, 0.15) is 11.4 Å². The van der Waals surface area contributed by atoms with Crippen molar-refractivity contribution in [3.05, 3.63) is 11.8 Å². The van der Waals surface area contributed by atoms with Gasteiger partial charge in [0, 0.05) is 6.54 Å². The highest BCUT2D eigenvalue weighted by molar-refractivity contribution is 5.10. The molecule has 1 aliphatic heterocycles. The normalized spacial score (nSPS) is 23.4. The van der Waals surface area contributed by atoms with E-state index in [9.17, 15) is 5.11 Å². The minimum atomic E-state index is -0.972. The Hall–Kier alpha value is -0.540. The van der Waals surface area contributed by atoms with E-state index in [1.165, 1.54) is 0 Å². The number of nitrogens with two attached hydrogens (primary N) is 1. The summed E-state index contributed by atoms with van der Waals surface area (Å²) < 4.78 is 5.26. The van der Waals surface area contributed by atoms with Gasteiger partial charge < -0.3 is 15.6 Å². The molecule has 3 nitrogen and oxygen atoms in total. The van der Waals surface area contributed by atoms with Crippen LogP contribution in [0.5, 0.6) is 0 Å². The second kappa shape index (κ2) is 3.24. The minimum absolute atomic E-state index is 0.207. The second-order valence-corrected chi connectivity index (χ2v) is 3.04. The van der Waals surface area contributed by atoms with Crippen LogP contribution in [-0.2, 0) is 4.74 Å². The molecule has 0 saturated carbocycles. The average Bonchev–Trinajstić information content (AvgIpc) is 2.06. The Balaban J connectivity index is 2.64. The summed E-state index contributed by atoms with van der Waals surface area (Å²) in [5.41, 5.74) is 4.39. The third-order valence-corrected chi connectivity index (χ3v) is 1.86. The first-order chi connectivity index (χ1) is 5.17. The van der Waals surface area contributed by atoms with E-state index in [0.29, 0.717) is 12.4 Å². The van der Waals surface area contributed by atoms with Crippen molar-refractivity contribution in [2.45, 2.75) is 25.4 Å². The van der Waals surface area contributed by atoms with Gasteiger partial charge in [0.15, 0.2) is 0 Å². The summed E-state index contributed by atoms with van der Waals surface area (Å²) in [6.07, 6.45) is 3.92. The fourth-order valence-corrected chi connectivity index (χ4v) is 1.03. The number of aliphatic hydroxyl groups is 1. The molecule has 0 saturated heterocycles. The monoisotopic (exact) mass is 157 g/mol. The molecule has 11 heavy (non-hydrogen) atoms. The Morgan fingerprint density at radius 1 is 1.82 bits per heavy atom. The van der Waals surface area contributed by atoms with E-state index < -0.39 is 5.60 Å². The van der Waals surface area contributed by atoms with Crippen LogP contribution < -0.4 is 5.73 Å². The third-order valence-electron chi connectivity index (χ3n) is 1.86. The molecule has 0 fully saturated rings. The molecule has 64 valence electrons. The highest BCUT2D eigenvalue weighted by atomic mass is 16.5. The zero-order valence-corrected chi connectivity index (χ0v) is 6.84. The van der Waals surface area contributed by atoms with E-state index in [2.05, 4.69) is 0 Å². The lowest BCUT2D eigenvalue weighted by Crippen LogP contribution is -2.38. The number of hydrogen-bond acceptors (Lipinski definition) is 3. The maximum absolute atomic E-state index is 9.63. The van der Waals surface area contributed by atoms with Crippen LogP contribution in [0.15, 0.2) is 11.8 Å². The van der Waals surface area contributed by atoms with Gasteiger partial charge in [-0.25, -0.2) is 0 Å². The van der Waals surface area contributed by atoms with Crippen LogP contribution in [-0.4, -0.2) is 23.9 Å². The van der Waals surface area contributed by atoms with Crippen LogP contribution in [0.25, 0.3) is 0 Å². The molecule has 0 aromatic rings. The summed E-state index contributed by atoms with van der Waals surface area (Å²) in [7, 11) is 0. The smallest absolute Gasteiger partial charge is 0.130 e. The molecule has 3 N–H and O–H groups in total. The summed E-state index contributed by atoms with van der Waals surface area (Å²) in [5.74, 6) is 0.631. The topological polar surface area (TPSA) is 55.5 Å². The van der Waals surface area contributed by atoms with Crippen molar-refractivity contribution >= 4 is 0 Å². The van der Waals surface area contributed by atoms with E-state index in [0.717, 1.165) is 12.8 Å². The fourth-order valence-electron chi connectivity index (χ4n) is 1.03. The molecule has 0 aliphatic carbocycles. The SMILES string of the molecule is CC(O)(CN)C1=CCCCO1.